The Labute approximate surface area is 283 Å². The standard InChI is InChI=1S/C36H37ClFN5O5/c1-22(2)31-18-33(43(41-31)28-9-7-11-30(17-28)47-5)40-36(45)39-19-26-16-27(38)13-12-25(26)21-48-32-14-23(3)42(35(44)34(32)37)20-24-8-6-10-29(15-24)46-4/h6-18,22H,19-21H2,1-5H3,(H2,39,40,45). The molecule has 2 N–H and O–H groups in total. The van der Waals surface area contributed by atoms with Crippen molar-refractivity contribution >= 4 is 23.4 Å². The maximum atomic E-state index is 14.3. The van der Waals surface area contributed by atoms with Crippen molar-refractivity contribution in [3.05, 3.63) is 128 Å². The number of amides is 2. The van der Waals surface area contributed by atoms with Crippen LogP contribution in [0.15, 0.2) is 83.7 Å². The minimum absolute atomic E-state index is 0.00150. The van der Waals surface area contributed by atoms with Crippen LogP contribution in [0, 0.1) is 12.7 Å². The summed E-state index contributed by atoms with van der Waals surface area (Å²) in [4.78, 5) is 26.3. The number of anilines is 1. The Morgan fingerprint density at radius 3 is 2.42 bits per heavy atom. The van der Waals surface area contributed by atoms with Crippen molar-refractivity contribution in [2.24, 2.45) is 0 Å². The first-order valence-corrected chi connectivity index (χ1v) is 15.7. The quantitative estimate of drug-likeness (QED) is 0.145. The van der Waals surface area contributed by atoms with E-state index >= 15 is 0 Å². The summed E-state index contributed by atoms with van der Waals surface area (Å²) in [5.74, 6) is 1.64. The van der Waals surface area contributed by atoms with Gasteiger partial charge in [0, 0.05) is 30.4 Å². The highest BCUT2D eigenvalue weighted by atomic mass is 35.5. The van der Waals surface area contributed by atoms with E-state index in [9.17, 15) is 14.0 Å². The van der Waals surface area contributed by atoms with E-state index in [0.29, 0.717) is 46.4 Å². The Balaban J connectivity index is 1.29. The number of hydrogen-bond donors (Lipinski definition) is 2. The molecule has 3 aromatic carbocycles. The van der Waals surface area contributed by atoms with Gasteiger partial charge in [0.25, 0.3) is 5.56 Å². The van der Waals surface area contributed by atoms with Crippen molar-refractivity contribution in [2.75, 3.05) is 19.5 Å². The van der Waals surface area contributed by atoms with Gasteiger partial charge in [0.2, 0.25) is 0 Å². The second-order valence-electron chi connectivity index (χ2n) is 11.4. The Morgan fingerprint density at radius 1 is 0.958 bits per heavy atom. The largest absolute Gasteiger partial charge is 0.497 e. The van der Waals surface area contributed by atoms with Gasteiger partial charge in [-0.15, -0.1) is 0 Å². The fraction of sp³-hybridized carbons (Fsp3) is 0.250. The fourth-order valence-electron chi connectivity index (χ4n) is 5.07. The molecule has 250 valence electrons. The Kier molecular flexibility index (Phi) is 10.7. The number of rotatable bonds is 12. The predicted octanol–water partition coefficient (Wildman–Crippen LogP) is 7.22. The predicted molar refractivity (Wildman–Crippen MR) is 183 cm³/mol. The number of methoxy groups -OCH3 is 2. The third-order valence-electron chi connectivity index (χ3n) is 7.74. The molecule has 2 heterocycles. The summed E-state index contributed by atoms with van der Waals surface area (Å²) < 4.78 is 34.2. The zero-order valence-electron chi connectivity index (χ0n) is 27.3. The van der Waals surface area contributed by atoms with Crippen LogP contribution >= 0.6 is 11.6 Å². The molecule has 0 aliphatic heterocycles. The van der Waals surface area contributed by atoms with Gasteiger partial charge in [0.05, 0.1) is 32.1 Å². The molecule has 0 unspecified atom stereocenters. The van der Waals surface area contributed by atoms with Crippen LogP contribution in [0.3, 0.4) is 0 Å². The van der Waals surface area contributed by atoms with Crippen LogP contribution in [0.4, 0.5) is 15.0 Å². The smallest absolute Gasteiger partial charge is 0.320 e. The normalized spacial score (nSPS) is 11.0. The van der Waals surface area contributed by atoms with Crippen LogP contribution in [0.5, 0.6) is 17.2 Å². The van der Waals surface area contributed by atoms with Gasteiger partial charge in [-0.1, -0.05) is 49.7 Å². The molecule has 0 fully saturated rings. The lowest BCUT2D eigenvalue weighted by atomic mass is 10.1. The Hall–Kier alpha value is -5.29. The molecular formula is C36H37ClFN5O5. The van der Waals surface area contributed by atoms with E-state index in [-0.39, 0.29) is 29.8 Å². The number of aromatic nitrogens is 3. The first kappa shape index (κ1) is 34.1. The second kappa shape index (κ2) is 15.1. The van der Waals surface area contributed by atoms with E-state index in [4.69, 9.17) is 25.8 Å². The van der Waals surface area contributed by atoms with Gasteiger partial charge in [-0.2, -0.15) is 5.10 Å². The van der Waals surface area contributed by atoms with E-state index in [1.807, 2.05) is 62.4 Å². The summed E-state index contributed by atoms with van der Waals surface area (Å²) in [5.41, 5.74) is 3.72. The molecule has 0 aliphatic carbocycles. The molecule has 12 heteroatoms. The molecule has 0 spiro atoms. The number of carbonyl (C=O) groups is 1. The highest BCUT2D eigenvalue weighted by Gasteiger charge is 2.17. The summed E-state index contributed by atoms with van der Waals surface area (Å²) in [6, 6.07) is 22.0. The van der Waals surface area contributed by atoms with E-state index in [1.165, 1.54) is 12.1 Å². The Morgan fingerprint density at radius 2 is 1.69 bits per heavy atom. The lowest BCUT2D eigenvalue weighted by Crippen LogP contribution is -2.29. The highest BCUT2D eigenvalue weighted by molar-refractivity contribution is 6.31. The van der Waals surface area contributed by atoms with Crippen molar-refractivity contribution < 1.29 is 23.4 Å². The number of carbonyl (C=O) groups excluding carboxylic acids is 1. The zero-order valence-corrected chi connectivity index (χ0v) is 28.1. The number of benzene rings is 3. The number of halogens is 2. The molecule has 2 amide bonds. The van der Waals surface area contributed by atoms with Gasteiger partial charge in [0.1, 0.15) is 40.5 Å². The van der Waals surface area contributed by atoms with Crippen LogP contribution in [0.2, 0.25) is 5.02 Å². The lowest BCUT2D eigenvalue weighted by Gasteiger charge is -2.16. The third kappa shape index (κ3) is 7.98. The number of urea groups is 1. The molecule has 0 atom stereocenters. The van der Waals surface area contributed by atoms with Crippen LogP contribution in [0.1, 0.15) is 47.8 Å². The number of nitrogens with one attached hydrogen (secondary N) is 2. The van der Waals surface area contributed by atoms with Crippen LogP contribution in [0.25, 0.3) is 5.69 Å². The summed E-state index contributed by atoms with van der Waals surface area (Å²) in [7, 11) is 3.16. The van der Waals surface area contributed by atoms with Gasteiger partial charge in [-0.3, -0.25) is 10.1 Å². The molecule has 0 bridgehead atoms. The average molecular weight is 674 g/mol. The molecule has 0 radical (unpaired) electrons. The van der Waals surface area contributed by atoms with E-state index in [1.54, 1.807) is 48.6 Å². The highest BCUT2D eigenvalue weighted by Crippen LogP contribution is 2.26. The minimum atomic E-state index is -0.510. The first-order valence-electron chi connectivity index (χ1n) is 15.3. The molecule has 0 saturated heterocycles. The van der Waals surface area contributed by atoms with E-state index in [0.717, 1.165) is 11.3 Å². The summed E-state index contributed by atoms with van der Waals surface area (Å²) in [6.45, 7) is 6.10. The number of ether oxygens (including phenoxy) is 3. The van der Waals surface area contributed by atoms with Crippen LogP contribution in [-0.2, 0) is 19.7 Å². The van der Waals surface area contributed by atoms with E-state index in [2.05, 4.69) is 15.7 Å². The SMILES string of the molecule is COc1cccc(Cn2c(C)cc(OCc3ccc(F)cc3CNC(=O)Nc3cc(C(C)C)nn3-c3cccc(OC)c3)c(Cl)c2=O)c1. The summed E-state index contributed by atoms with van der Waals surface area (Å²) in [6.07, 6.45) is 0. The zero-order chi connectivity index (χ0) is 34.4. The molecule has 2 aromatic heterocycles. The fourth-order valence-corrected chi connectivity index (χ4v) is 5.28. The molecule has 48 heavy (non-hydrogen) atoms. The molecule has 0 aliphatic rings. The molecular weight excluding hydrogens is 637 g/mol. The van der Waals surface area contributed by atoms with Gasteiger partial charge >= 0.3 is 6.03 Å². The van der Waals surface area contributed by atoms with Crippen molar-refractivity contribution in [1.82, 2.24) is 19.7 Å². The summed E-state index contributed by atoms with van der Waals surface area (Å²) >= 11 is 6.48. The number of aryl methyl sites for hydroxylation is 1. The minimum Gasteiger partial charge on any atom is -0.497 e. The average Bonchev–Trinajstić information content (AvgIpc) is 3.51. The topological polar surface area (TPSA) is 109 Å². The van der Waals surface area contributed by atoms with Crippen LogP contribution in [-0.4, -0.2) is 34.6 Å². The summed E-state index contributed by atoms with van der Waals surface area (Å²) in [5, 5.41) is 10.3. The Bertz CT molecular complexity index is 1990. The second-order valence-corrected chi connectivity index (χ2v) is 11.8. The molecule has 5 aromatic rings. The third-order valence-corrected chi connectivity index (χ3v) is 8.09. The number of nitrogens with zero attached hydrogens (tertiary/aromatic N) is 3. The number of hydrogen-bond acceptors (Lipinski definition) is 6. The molecule has 0 saturated carbocycles. The van der Waals surface area contributed by atoms with Gasteiger partial charge in [-0.05, 0) is 65.9 Å². The van der Waals surface area contributed by atoms with Crippen molar-refractivity contribution in [3.8, 4) is 22.9 Å². The van der Waals surface area contributed by atoms with Gasteiger partial charge in [-0.25, -0.2) is 13.9 Å². The first-order chi connectivity index (χ1) is 23.1. The maximum absolute atomic E-state index is 14.3. The van der Waals surface area contributed by atoms with Gasteiger partial charge in [0.15, 0.2) is 0 Å². The van der Waals surface area contributed by atoms with E-state index < -0.39 is 17.4 Å². The lowest BCUT2D eigenvalue weighted by molar-refractivity contribution is 0.251. The van der Waals surface area contributed by atoms with Crippen molar-refractivity contribution in [2.45, 2.75) is 46.4 Å². The molecule has 5 rings (SSSR count). The number of pyridine rings is 1. The molecule has 10 nitrogen and oxygen atoms in total. The van der Waals surface area contributed by atoms with Gasteiger partial charge < -0.3 is 24.1 Å². The van der Waals surface area contributed by atoms with Crippen LogP contribution < -0.4 is 30.4 Å². The maximum Gasteiger partial charge on any atom is 0.320 e. The monoisotopic (exact) mass is 673 g/mol. The van der Waals surface area contributed by atoms with Crippen molar-refractivity contribution in [3.63, 3.8) is 0 Å². The van der Waals surface area contributed by atoms with Crippen molar-refractivity contribution in [1.29, 1.82) is 0 Å².